The monoisotopic (exact) mass is 359 g/mol. The average molecular weight is 360 g/mol. The predicted octanol–water partition coefficient (Wildman–Crippen LogP) is 2.73. The van der Waals surface area contributed by atoms with E-state index in [1.807, 2.05) is 0 Å². The number of halogens is 1. The Bertz CT molecular complexity index is 957. The number of nitro groups is 1. The van der Waals surface area contributed by atoms with Gasteiger partial charge in [0.15, 0.2) is 0 Å². The van der Waals surface area contributed by atoms with Gasteiger partial charge in [0, 0.05) is 24.9 Å². The second kappa shape index (κ2) is 5.99. The number of imide groups is 1. The first-order valence-electron chi connectivity index (χ1n) is 7.01. The van der Waals surface area contributed by atoms with Crippen LogP contribution in [0.4, 0.5) is 11.4 Å². The van der Waals surface area contributed by atoms with Gasteiger partial charge in [0.25, 0.3) is 23.4 Å². The number of non-ortho nitro benzene ring substituents is 1. The second-order valence-corrected chi connectivity index (χ2v) is 5.71. The molecule has 8 nitrogen and oxygen atoms in total. The summed E-state index contributed by atoms with van der Waals surface area (Å²) in [5.41, 5.74) is 0.346. The van der Waals surface area contributed by atoms with Gasteiger partial charge in [-0.05, 0) is 24.3 Å². The van der Waals surface area contributed by atoms with Gasteiger partial charge in [-0.25, -0.2) is 0 Å². The zero-order valence-corrected chi connectivity index (χ0v) is 13.5. The highest BCUT2D eigenvalue weighted by atomic mass is 35.5. The van der Waals surface area contributed by atoms with E-state index in [4.69, 9.17) is 11.6 Å². The summed E-state index contributed by atoms with van der Waals surface area (Å²) in [5.74, 6) is -1.55. The quantitative estimate of drug-likeness (QED) is 0.514. The van der Waals surface area contributed by atoms with E-state index < -0.39 is 22.6 Å². The minimum Gasteiger partial charge on any atom is -0.322 e. The summed E-state index contributed by atoms with van der Waals surface area (Å²) in [6.45, 7) is 0. The first-order chi connectivity index (χ1) is 11.8. The number of benzene rings is 2. The Balaban J connectivity index is 1.91. The lowest BCUT2D eigenvalue weighted by atomic mass is 10.1. The standard InChI is InChI=1S/C16H10ClN3O5/c1-19-15(22)10-4-2-8(6-11(10)16(19)23)18-14(21)12-7-9(20(24)25)3-5-13(12)17/h2-7H,1H3,(H,18,21). The lowest BCUT2D eigenvalue weighted by Gasteiger charge is -2.07. The molecular weight excluding hydrogens is 350 g/mol. The van der Waals surface area contributed by atoms with E-state index in [1.54, 1.807) is 0 Å². The number of fused-ring (bicyclic) bond motifs is 1. The molecule has 9 heteroatoms. The van der Waals surface area contributed by atoms with Crippen molar-refractivity contribution in [3.63, 3.8) is 0 Å². The molecule has 0 aromatic heterocycles. The minimum absolute atomic E-state index is 0.0512. The van der Waals surface area contributed by atoms with Crippen LogP contribution >= 0.6 is 11.6 Å². The molecule has 1 heterocycles. The number of amides is 3. The van der Waals surface area contributed by atoms with Gasteiger partial charge in [-0.2, -0.15) is 0 Å². The summed E-state index contributed by atoms with van der Waals surface area (Å²) in [4.78, 5) is 47.3. The van der Waals surface area contributed by atoms with Gasteiger partial charge in [-0.3, -0.25) is 29.4 Å². The molecule has 0 unspecified atom stereocenters. The molecule has 126 valence electrons. The molecule has 0 fully saturated rings. The average Bonchev–Trinajstić information content (AvgIpc) is 2.79. The number of nitrogens with one attached hydrogen (secondary N) is 1. The fourth-order valence-electron chi connectivity index (χ4n) is 2.44. The van der Waals surface area contributed by atoms with Crippen molar-refractivity contribution in [3.05, 3.63) is 68.2 Å². The fraction of sp³-hybridized carbons (Fsp3) is 0.0625. The predicted molar refractivity (Wildman–Crippen MR) is 88.9 cm³/mol. The maximum atomic E-state index is 12.3. The number of carbonyl (C=O) groups excluding carboxylic acids is 3. The van der Waals surface area contributed by atoms with E-state index in [2.05, 4.69) is 5.32 Å². The molecule has 0 aliphatic carbocycles. The van der Waals surface area contributed by atoms with Gasteiger partial charge in [0.1, 0.15) is 0 Å². The smallest absolute Gasteiger partial charge is 0.270 e. The number of rotatable bonds is 3. The van der Waals surface area contributed by atoms with Crippen LogP contribution in [-0.4, -0.2) is 34.6 Å². The third-order valence-corrected chi connectivity index (χ3v) is 4.08. The van der Waals surface area contributed by atoms with Gasteiger partial charge >= 0.3 is 0 Å². The molecule has 2 aromatic rings. The topological polar surface area (TPSA) is 110 Å². The van der Waals surface area contributed by atoms with E-state index in [9.17, 15) is 24.5 Å². The summed E-state index contributed by atoms with van der Waals surface area (Å²) in [6.07, 6.45) is 0. The molecule has 0 bridgehead atoms. The molecule has 1 aliphatic rings. The first-order valence-corrected chi connectivity index (χ1v) is 7.39. The molecule has 3 rings (SSSR count). The molecule has 2 aromatic carbocycles. The third-order valence-electron chi connectivity index (χ3n) is 3.75. The van der Waals surface area contributed by atoms with Gasteiger partial charge in [0.05, 0.1) is 26.6 Å². The molecular formula is C16H10ClN3O5. The van der Waals surface area contributed by atoms with Crippen molar-refractivity contribution in [1.82, 2.24) is 4.90 Å². The summed E-state index contributed by atoms with van der Waals surface area (Å²) >= 11 is 5.93. The Morgan fingerprint density at radius 1 is 1.12 bits per heavy atom. The number of hydrogen-bond donors (Lipinski definition) is 1. The number of nitro benzene ring substituents is 1. The van der Waals surface area contributed by atoms with E-state index in [0.717, 1.165) is 11.0 Å². The second-order valence-electron chi connectivity index (χ2n) is 5.31. The Hall–Kier alpha value is -3.26. The van der Waals surface area contributed by atoms with Crippen LogP contribution in [0.25, 0.3) is 0 Å². The summed E-state index contributed by atoms with van der Waals surface area (Å²) in [7, 11) is 1.37. The van der Waals surface area contributed by atoms with E-state index in [0.29, 0.717) is 0 Å². The van der Waals surface area contributed by atoms with Crippen LogP contribution in [0, 0.1) is 10.1 Å². The molecule has 3 amide bonds. The van der Waals surface area contributed by atoms with Crippen molar-refractivity contribution in [1.29, 1.82) is 0 Å². The van der Waals surface area contributed by atoms with Crippen molar-refractivity contribution in [3.8, 4) is 0 Å². The van der Waals surface area contributed by atoms with E-state index in [1.165, 1.54) is 37.4 Å². The first kappa shape index (κ1) is 16.6. The highest BCUT2D eigenvalue weighted by molar-refractivity contribution is 6.34. The summed E-state index contributed by atoms with van der Waals surface area (Å²) < 4.78 is 0. The van der Waals surface area contributed by atoms with Crippen LogP contribution < -0.4 is 5.32 Å². The van der Waals surface area contributed by atoms with Crippen molar-refractivity contribution in [2.75, 3.05) is 12.4 Å². The Kier molecular flexibility index (Phi) is 3.97. The molecule has 0 atom stereocenters. The number of anilines is 1. The molecule has 1 aliphatic heterocycles. The zero-order chi connectivity index (χ0) is 18.3. The van der Waals surface area contributed by atoms with Crippen LogP contribution in [-0.2, 0) is 0 Å². The van der Waals surface area contributed by atoms with Crippen LogP contribution in [0.15, 0.2) is 36.4 Å². The van der Waals surface area contributed by atoms with E-state index in [-0.39, 0.29) is 33.1 Å². The highest BCUT2D eigenvalue weighted by Crippen LogP contribution is 2.26. The number of nitrogens with zero attached hydrogens (tertiary/aromatic N) is 2. The fourth-order valence-corrected chi connectivity index (χ4v) is 2.64. The van der Waals surface area contributed by atoms with Crippen LogP contribution in [0.5, 0.6) is 0 Å². The lowest BCUT2D eigenvalue weighted by molar-refractivity contribution is -0.384. The molecule has 25 heavy (non-hydrogen) atoms. The van der Waals surface area contributed by atoms with Crippen molar-refractivity contribution in [2.45, 2.75) is 0 Å². The van der Waals surface area contributed by atoms with Gasteiger partial charge < -0.3 is 5.32 Å². The van der Waals surface area contributed by atoms with Crippen LogP contribution in [0.2, 0.25) is 5.02 Å². The van der Waals surface area contributed by atoms with Gasteiger partial charge in [-0.15, -0.1) is 0 Å². The maximum Gasteiger partial charge on any atom is 0.270 e. The number of carbonyl (C=O) groups is 3. The normalized spacial score (nSPS) is 13.0. The molecule has 0 radical (unpaired) electrons. The minimum atomic E-state index is -0.668. The largest absolute Gasteiger partial charge is 0.322 e. The van der Waals surface area contributed by atoms with Gasteiger partial charge in [0.2, 0.25) is 0 Å². The van der Waals surface area contributed by atoms with Gasteiger partial charge in [-0.1, -0.05) is 11.6 Å². The lowest BCUT2D eigenvalue weighted by Crippen LogP contribution is -2.24. The Morgan fingerprint density at radius 2 is 1.80 bits per heavy atom. The molecule has 0 spiro atoms. The number of hydrogen-bond acceptors (Lipinski definition) is 5. The van der Waals surface area contributed by atoms with Crippen LogP contribution in [0.3, 0.4) is 0 Å². The maximum absolute atomic E-state index is 12.3. The SMILES string of the molecule is CN1C(=O)c2ccc(NC(=O)c3cc([N+](=O)[O-])ccc3Cl)cc2C1=O. The molecule has 0 saturated carbocycles. The Morgan fingerprint density at radius 3 is 2.48 bits per heavy atom. The van der Waals surface area contributed by atoms with E-state index >= 15 is 0 Å². The van der Waals surface area contributed by atoms with Crippen molar-refractivity contribution in [2.24, 2.45) is 0 Å². The summed E-state index contributed by atoms with van der Waals surface area (Å²) in [5, 5.41) is 13.4. The molecule has 0 saturated heterocycles. The third kappa shape index (κ3) is 2.83. The Labute approximate surface area is 146 Å². The zero-order valence-electron chi connectivity index (χ0n) is 12.8. The highest BCUT2D eigenvalue weighted by Gasteiger charge is 2.32. The summed E-state index contributed by atoms with van der Waals surface area (Å²) in [6, 6.07) is 7.79. The van der Waals surface area contributed by atoms with Crippen molar-refractivity contribution >= 4 is 40.7 Å². The van der Waals surface area contributed by atoms with Crippen LogP contribution in [0.1, 0.15) is 31.1 Å². The molecule has 1 N–H and O–H groups in total. The van der Waals surface area contributed by atoms with Crippen molar-refractivity contribution < 1.29 is 19.3 Å².